The molecule has 0 aliphatic rings. The average Bonchev–Trinajstić information content (AvgIpc) is 3.83. The lowest BCUT2D eigenvalue weighted by Gasteiger charge is -2.05. The molecule has 8 nitrogen and oxygen atoms in total. The van der Waals surface area contributed by atoms with Gasteiger partial charge >= 0.3 is 0 Å². The Bertz CT molecular complexity index is 2210. The Morgan fingerprint density at radius 3 is 1.12 bits per heavy atom. The van der Waals surface area contributed by atoms with Crippen LogP contribution in [0.25, 0.3) is 68.1 Å². The van der Waals surface area contributed by atoms with Gasteiger partial charge in [0.1, 0.15) is 0 Å². The highest BCUT2D eigenvalue weighted by Crippen LogP contribution is 2.31. The maximum Gasteiger partial charge on any atom is 0.248 e. The minimum Gasteiger partial charge on any atom is -0.486 e. The van der Waals surface area contributed by atoms with Crippen LogP contribution in [-0.4, -0.2) is 37.7 Å². The first-order chi connectivity index (χ1) is 23.4. The van der Waals surface area contributed by atoms with Crippen molar-refractivity contribution in [2.45, 2.75) is 11.8 Å². The van der Waals surface area contributed by atoms with Gasteiger partial charge in [-0.2, -0.15) is 0 Å². The summed E-state index contributed by atoms with van der Waals surface area (Å²) in [6.07, 6.45) is 0. The normalized spacial score (nSPS) is 11.0. The molecule has 234 valence electrons. The molecule has 0 aliphatic heterocycles. The fraction of sp³-hybridized carbons (Fsp3) is 0.0526. The van der Waals surface area contributed by atoms with E-state index in [-0.39, 0.29) is 5.12 Å². The number of benzene rings is 5. The minimum atomic E-state index is 0.0647. The molecule has 0 unspecified atom stereocenters. The predicted molar refractivity (Wildman–Crippen MR) is 190 cm³/mol. The number of thioether (sulfide) groups is 1. The van der Waals surface area contributed by atoms with Crippen molar-refractivity contribution in [3.8, 4) is 68.1 Å². The van der Waals surface area contributed by atoms with Crippen molar-refractivity contribution >= 4 is 34.1 Å². The fourth-order valence-corrected chi connectivity index (χ4v) is 5.82. The molecule has 48 heavy (non-hydrogen) atoms. The molecule has 0 saturated heterocycles. The van der Waals surface area contributed by atoms with Crippen molar-refractivity contribution in [2.75, 3.05) is 7.11 Å². The molecule has 0 spiro atoms. The van der Waals surface area contributed by atoms with E-state index in [1.54, 1.807) is 14.0 Å². The van der Waals surface area contributed by atoms with Crippen LogP contribution in [0, 0.1) is 0 Å². The Morgan fingerprint density at radius 2 is 0.812 bits per heavy atom. The highest BCUT2D eigenvalue weighted by molar-refractivity contribution is 8.13. The van der Waals surface area contributed by atoms with Gasteiger partial charge in [0, 0.05) is 39.6 Å². The monoisotopic (exact) mass is 666 g/mol. The van der Waals surface area contributed by atoms with E-state index < -0.39 is 0 Å². The second kappa shape index (κ2) is 13.6. The molecule has 0 amide bonds. The first-order valence-corrected chi connectivity index (χ1v) is 16.1. The molecule has 10 heteroatoms. The molecular weight excluding hydrogens is 641 g/mol. The van der Waals surface area contributed by atoms with E-state index in [0.29, 0.717) is 28.6 Å². The van der Waals surface area contributed by atoms with Crippen LogP contribution in [0.3, 0.4) is 0 Å². The maximum absolute atomic E-state index is 11.3. The predicted octanol–water partition coefficient (Wildman–Crippen LogP) is 9.42. The lowest BCUT2D eigenvalue weighted by molar-refractivity contribution is -0.109. The summed E-state index contributed by atoms with van der Waals surface area (Å²) in [5.41, 5.74) is 8.26. The molecule has 0 aliphatic carbocycles. The van der Waals surface area contributed by atoms with E-state index in [0.717, 1.165) is 55.0 Å². The molecule has 0 N–H and O–H groups in total. The number of methoxy groups -OCH3 is 1. The third-order valence-electron chi connectivity index (χ3n) is 7.58. The topological polar surface area (TPSA) is 104 Å². The molecular formula is C38H26N4O4S2. The third kappa shape index (κ3) is 6.71. The molecule has 0 fully saturated rings. The van der Waals surface area contributed by atoms with E-state index in [2.05, 4.69) is 20.4 Å². The van der Waals surface area contributed by atoms with Crippen LogP contribution < -0.4 is 0 Å². The Morgan fingerprint density at radius 1 is 0.521 bits per heavy atom. The lowest BCUT2D eigenvalue weighted by atomic mass is 10.0. The van der Waals surface area contributed by atoms with Crippen LogP contribution in [0.1, 0.15) is 12.5 Å². The van der Waals surface area contributed by atoms with E-state index in [1.807, 2.05) is 121 Å². The second-order valence-corrected chi connectivity index (χ2v) is 12.4. The summed E-state index contributed by atoms with van der Waals surface area (Å²) in [4.78, 5) is 12.3. The summed E-state index contributed by atoms with van der Waals surface area (Å²) in [6, 6.07) is 39.2. The van der Waals surface area contributed by atoms with Crippen LogP contribution >= 0.6 is 24.0 Å². The van der Waals surface area contributed by atoms with E-state index in [9.17, 15) is 4.79 Å². The van der Waals surface area contributed by atoms with Gasteiger partial charge in [0.05, 0.1) is 7.11 Å². The van der Waals surface area contributed by atoms with Gasteiger partial charge in [0.2, 0.25) is 23.6 Å². The smallest absolute Gasteiger partial charge is 0.248 e. The van der Waals surface area contributed by atoms with Crippen LogP contribution in [-0.2, 0) is 9.53 Å². The number of thiocarbonyl (C=S) groups is 1. The molecule has 5 aromatic carbocycles. The van der Waals surface area contributed by atoms with Crippen molar-refractivity contribution < 1.29 is 18.4 Å². The van der Waals surface area contributed by atoms with Crippen LogP contribution in [0.5, 0.6) is 0 Å². The van der Waals surface area contributed by atoms with Gasteiger partial charge in [-0.3, -0.25) is 4.79 Å². The molecule has 0 radical (unpaired) electrons. The number of hydrogen-bond acceptors (Lipinski definition) is 10. The molecule has 7 rings (SSSR count). The van der Waals surface area contributed by atoms with Gasteiger partial charge in [-0.05, 0) is 107 Å². The molecule has 2 aromatic heterocycles. The van der Waals surface area contributed by atoms with Crippen molar-refractivity contribution in [1.29, 1.82) is 0 Å². The number of ether oxygens (including phenoxy) is 1. The van der Waals surface area contributed by atoms with Gasteiger partial charge in [-0.15, -0.1) is 20.4 Å². The number of hydrogen-bond donors (Lipinski definition) is 0. The van der Waals surface area contributed by atoms with Crippen LogP contribution in [0.2, 0.25) is 0 Å². The Kier molecular flexibility index (Phi) is 8.74. The van der Waals surface area contributed by atoms with E-state index >= 15 is 0 Å². The van der Waals surface area contributed by atoms with Crippen molar-refractivity contribution in [3.05, 3.63) is 127 Å². The number of rotatable bonds is 8. The largest absolute Gasteiger partial charge is 0.486 e. The lowest BCUT2D eigenvalue weighted by Crippen LogP contribution is -1.98. The minimum absolute atomic E-state index is 0.0647. The van der Waals surface area contributed by atoms with E-state index in [4.69, 9.17) is 25.8 Å². The first-order valence-electron chi connectivity index (χ1n) is 14.9. The molecule has 0 saturated carbocycles. The third-order valence-corrected chi connectivity index (χ3v) is 8.78. The number of nitrogens with zero attached hydrogens (tertiary/aromatic N) is 4. The number of carbonyl (C=O) groups excluding carboxylic acids is 1. The molecule has 7 aromatic rings. The van der Waals surface area contributed by atoms with Crippen LogP contribution in [0.15, 0.2) is 135 Å². The standard InChI is InChI=1S/C38H26N4O4S2/c1-23(43)48-33-21-19-27(20-22-33)25-5-11-29(12-6-25)35-40-42-37(46-35)31-15-13-30(14-16-31)36-41-39-34(45-36)28-9-3-24(4-10-28)26-7-17-32(18-8-26)38(47)44-2/h3-22H,1-2H3. The molecule has 0 bridgehead atoms. The quantitative estimate of drug-likeness (QED) is 0.115. The van der Waals surface area contributed by atoms with Crippen LogP contribution in [0.4, 0.5) is 0 Å². The number of carbonyl (C=O) groups is 1. The Labute approximate surface area is 285 Å². The SMILES string of the molecule is COC(=S)c1ccc(-c2ccc(-c3nnc(-c4ccc(-c5nnc(-c6ccc(-c7ccc(SC(C)=O)cc7)cc6)o5)cc4)o3)cc2)cc1. The Balaban J connectivity index is 1.01. The number of aromatic nitrogens is 4. The van der Waals surface area contributed by atoms with Crippen molar-refractivity contribution in [1.82, 2.24) is 20.4 Å². The van der Waals surface area contributed by atoms with Crippen molar-refractivity contribution in [2.24, 2.45) is 0 Å². The Hall–Kier alpha value is -5.71. The zero-order valence-corrected chi connectivity index (χ0v) is 27.4. The summed E-state index contributed by atoms with van der Waals surface area (Å²) in [6.45, 7) is 1.56. The summed E-state index contributed by atoms with van der Waals surface area (Å²) in [7, 11) is 1.57. The summed E-state index contributed by atoms with van der Waals surface area (Å²) >= 11 is 6.42. The zero-order valence-electron chi connectivity index (χ0n) is 25.8. The average molecular weight is 667 g/mol. The summed E-state index contributed by atoms with van der Waals surface area (Å²) < 4.78 is 17.2. The summed E-state index contributed by atoms with van der Waals surface area (Å²) in [5.74, 6) is 1.66. The van der Waals surface area contributed by atoms with Gasteiger partial charge in [-0.1, -0.05) is 60.3 Å². The summed E-state index contributed by atoms with van der Waals surface area (Å²) in [5, 5.41) is 17.6. The van der Waals surface area contributed by atoms with Gasteiger partial charge in [-0.25, -0.2) is 0 Å². The molecule has 0 atom stereocenters. The maximum atomic E-state index is 11.3. The highest BCUT2D eigenvalue weighted by atomic mass is 32.2. The molecule has 2 heterocycles. The fourth-order valence-electron chi connectivity index (χ4n) is 5.08. The highest BCUT2D eigenvalue weighted by Gasteiger charge is 2.14. The van der Waals surface area contributed by atoms with Gasteiger partial charge in [0.25, 0.3) is 0 Å². The van der Waals surface area contributed by atoms with Crippen molar-refractivity contribution in [3.63, 3.8) is 0 Å². The van der Waals surface area contributed by atoms with Gasteiger partial charge < -0.3 is 13.6 Å². The van der Waals surface area contributed by atoms with E-state index in [1.165, 1.54) is 11.8 Å². The first kappa shape index (κ1) is 30.9. The van der Waals surface area contributed by atoms with Gasteiger partial charge in [0.15, 0.2) is 10.2 Å². The second-order valence-electron chi connectivity index (χ2n) is 10.7. The zero-order chi connectivity index (χ0) is 33.0.